The predicted molar refractivity (Wildman–Crippen MR) is 71.0 cm³/mol. The minimum Gasteiger partial charge on any atom is -0.491 e. The molecule has 0 aliphatic carbocycles. The second-order valence-corrected chi connectivity index (χ2v) is 4.38. The third-order valence-corrected chi connectivity index (χ3v) is 3.15. The first-order valence-corrected chi connectivity index (χ1v) is 6.54. The van der Waals surface area contributed by atoms with Crippen LogP contribution in [0.4, 0.5) is 0 Å². The molecule has 0 saturated heterocycles. The van der Waals surface area contributed by atoms with Crippen molar-refractivity contribution in [1.82, 2.24) is 10.6 Å². The highest BCUT2D eigenvalue weighted by atomic mass is 16.5. The van der Waals surface area contributed by atoms with Gasteiger partial charge in [0.1, 0.15) is 12.4 Å². The van der Waals surface area contributed by atoms with E-state index in [1.807, 2.05) is 18.2 Å². The molecule has 0 saturated carbocycles. The lowest BCUT2D eigenvalue weighted by Gasteiger charge is -2.17. The summed E-state index contributed by atoms with van der Waals surface area (Å²) < 4.78 is 5.54. The van der Waals surface area contributed by atoms with Gasteiger partial charge in [0.25, 0.3) is 5.91 Å². The smallest absolute Gasteiger partial charge is 0.255 e. The van der Waals surface area contributed by atoms with Gasteiger partial charge in [0.05, 0.1) is 12.1 Å². The summed E-state index contributed by atoms with van der Waals surface area (Å²) >= 11 is 0. The van der Waals surface area contributed by atoms with Gasteiger partial charge in [0.15, 0.2) is 0 Å². The molecule has 0 bridgehead atoms. The Morgan fingerprint density at radius 2 is 2.28 bits per heavy atom. The van der Waals surface area contributed by atoms with Crippen molar-refractivity contribution in [2.45, 2.75) is 26.3 Å². The highest BCUT2D eigenvalue weighted by molar-refractivity contribution is 5.97. The number of carbonyl (C=O) groups is 1. The van der Waals surface area contributed by atoms with Crippen LogP contribution in [0.5, 0.6) is 5.75 Å². The number of nitrogens with one attached hydrogen (secondary N) is 2. The fourth-order valence-electron chi connectivity index (χ4n) is 2.23. The molecule has 0 spiro atoms. The fraction of sp³-hybridized carbons (Fsp3) is 0.500. The van der Waals surface area contributed by atoms with Crippen LogP contribution in [0.1, 0.15) is 42.2 Å². The van der Waals surface area contributed by atoms with Crippen molar-refractivity contribution in [1.29, 1.82) is 0 Å². The van der Waals surface area contributed by atoms with E-state index < -0.39 is 0 Å². The average molecular weight is 248 g/mol. The molecule has 1 aromatic carbocycles. The lowest BCUT2D eigenvalue weighted by Crippen LogP contribution is -2.25. The molecule has 2 rings (SSSR count). The number of fused-ring (bicyclic) bond motifs is 1. The van der Waals surface area contributed by atoms with E-state index in [4.69, 9.17) is 4.74 Å². The van der Waals surface area contributed by atoms with E-state index in [9.17, 15) is 4.79 Å². The summed E-state index contributed by atoms with van der Waals surface area (Å²) in [5.41, 5.74) is 1.78. The summed E-state index contributed by atoms with van der Waals surface area (Å²) in [6.45, 7) is 6.23. The largest absolute Gasteiger partial charge is 0.491 e. The maximum atomic E-state index is 11.9. The summed E-state index contributed by atoms with van der Waals surface area (Å²) in [4.78, 5) is 11.9. The van der Waals surface area contributed by atoms with Crippen LogP contribution in [0.2, 0.25) is 0 Å². The standard InChI is InChI=1S/C14H20N2O2/c1-3-12(15-4-2)10-5-6-13-11(9-10)14(17)16-7-8-18-13/h5-6,9,12,15H,3-4,7-8H2,1-2H3,(H,16,17). The van der Waals surface area contributed by atoms with Crippen LogP contribution >= 0.6 is 0 Å². The average Bonchev–Trinajstić information content (AvgIpc) is 2.58. The van der Waals surface area contributed by atoms with Crippen molar-refractivity contribution in [2.75, 3.05) is 19.7 Å². The predicted octanol–water partition coefficient (Wildman–Crippen LogP) is 1.87. The van der Waals surface area contributed by atoms with Crippen molar-refractivity contribution in [3.05, 3.63) is 29.3 Å². The van der Waals surface area contributed by atoms with Crippen LogP contribution < -0.4 is 15.4 Å². The Bertz CT molecular complexity index is 432. The Morgan fingerprint density at radius 3 is 3.00 bits per heavy atom. The summed E-state index contributed by atoms with van der Waals surface area (Å²) in [6, 6.07) is 6.16. The van der Waals surface area contributed by atoms with Gasteiger partial charge >= 0.3 is 0 Å². The lowest BCUT2D eigenvalue weighted by molar-refractivity contribution is 0.0957. The van der Waals surface area contributed by atoms with Crippen LogP contribution in [-0.4, -0.2) is 25.6 Å². The zero-order valence-electron chi connectivity index (χ0n) is 11.0. The molecular weight excluding hydrogens is 228 g/mol. The van der Waals surface area contributed by atoms with Gasteiger partial charge in [0, 0.05) is 6.04 Å². The molecular formula is C14H20N2O2. The van der Waals surface area contributed by atoms with Crippen molar-refractivity contribution < 1.29 is 9.53 Å². The molecule has 1 aliphatic heterocycles. The Kier molecular flexibility index (Phi) is 4.20. The summed E-state index contributed by atoms with van der Waals surface area (Å²) in [6.07, 6.45) is 0.995. The minimum atomic E-state index is -0.0456. The van der Waals surface area contributed by atoms with Crippen LogP contribution in [0, 0.1) is 0 Å². The molecule has 1 amide bonds. The minimum absolute atomic E-state index is 0.0456. The SMILES string of the molecule is CCNC(CC)c1ccc2c(c1)C(=O)NCCO2. The second-order valence-electron chi connectivity index (χ2n) is 4.38. The fourth-order valence-corrected chi connectivity index (χ4v) is 2.23. The van der Waals surface area contributed by atoms with E-state index in [1.165, 1.54) is 0 Å². The first kappa shape index (κ1) is 12.9. The van der Waals surface area contributed by atoms with Gasteiger partial charge in [-0.2, -0.15) is 0 Å². The number of rotatable bonds is 4. The summed E-state index contributed by atoms with van der Waals surface area (Å²) in [5, 5.41) is 6.25. The quantitative estimate of drug-likeness (QED) is 0.855. The van der Waals surface area contributed by atoms with Gasteiger partial charge in [0.2, 0.25) is 0 Å². The molecule has 0 radical (unpaired) electrons. The molecule has 1 aliphatic rings. The molecule has 0 fully saturated rings. The molecule has 1 aromatic rings. The van der Waals surface area contributed by atoms with Gasteiger partial charge in [-0.1, -0.05) is 19.9 Å². The number of carbonyl (C=O) groups excluding carboxylic acids is 1. The van der Waals surface area contributed by atoms with E-state index in [-0.39, 0.29) is 11.9 Å². The topological polar surface area (TPSA) is 50.4 Å². The third kappa shape index (κ3) is 2.64. The normalized spacial score (nSPS) is 16.2. The Balaban J connectivity index is 2.32. The number of ether oxygens (including phenoxy) is 1. The van der Waals surface area contributed by atoms with Gasteiger partial charge < -0.3 is 15.4 Å². The summed E-state index contributed by atoms with van der Waals surface area (Å²) in [5.74, 6) is 0.635. The number of hydrogen-bond donors (Lipinski definition) is 2. The molecule has 4 nitrogen and oxygen atoms in total. The first-order chi connectivity index (χ1) is 8.76. The zero-order chi connectivity index (χ0) is 13.0. The zero-order valence-corrected chi connectivity index (χ0v) is 11.0. The van der Waals surface area contributed by atoms with Crippen LogP contribution in [0.3, 0.4) is 0 Å². The second kappa shape index (κ2) is 5.87. The number of benzene rings is 1. The van der Waals surface area contributed by atoms with Crippen LogP contribution in [0.25, 0.3) is 0 Å². The highest BCUT2D eigenvalue weighted by Gasteiger charge is 2.18. The molecule has 1 unspecified atom stereocenters. The number of hydrogen-bond acceptors (Lipinski definition) is 3. The molecule has 0 aromatic heterocycles. The van der Waals surface area contributed by atoms with Crippen LogP contribution in [-0.2, 0) is 0 Å². The molecule has 1 heterocycles. The van der Waals surface area contributed by atoms with Gasteiger partial charge in [-0.25, -0.2) is 0 Å². The Hall–Kier alpha value is -1.55. The van der Waals surface area contributed by atoms with Crippen molar-refractivity contribution >= 4 is 5.91 Å². The number of amides is 1. The van der Waals surface area contributed by atoms with E-state index in [0.717, 1.165) is 18.5 Å². The Labute approximate surface area is 108 Å². The Morgan fingerprint density at radius 1 is 1.44 bits per heavy atom. The monoisotopic (exact) mass is 248 g/mol. The van der Waals surface area contributed by atoms with Gasteiger partial charge in [-0.15, -0.1) is 0 Å². The van der Waals surface area contributed by atoms with Crippen LogP contribution in [0.15, 0.2) is 18.2 Å². The van der Waals surface area contributed by atoms with Gasteiger partial charge in [-0.3, -0.25) is 4.79 Å². The maximum Gasteiger partial charge on any atom is 0.255 e. The van der Waals surface area contributed by atoms with Crippen molar-refractivity contribution in [2.24, 2.45) is 0 Å². The van der Waals surface area contributed by atoms with Crippen molar-refractivity contribution in [3.8, 4) is 5.75 Å². The maximum absolute atomic E-state index is 11.9. The summed E-state index contributed by atoms with van der Waals surface area (Å²) in [7, 11) is 0. The first-order valence-electron chi connectivity index (χ1n) is 6.54. The molecule has 18 heavy (non-hydrogen) atoms. The van der Waals surface area contributed by atoms with Crippen molar-refractivity contribution in [3.63, 3.8) is 0 Å². The van der Waals surface area contributed by atoms with E-state index in [1.54, 1.807) is 0 Å². The van der Waals surface area contributed by atoms with E-state index >= 15 is 0 Å². The molecule has 4 heteroatoms. The van der Waals surface area contributed by atoms with E-state index in [2.05, 4.69) is 24.5 Å². The molecule has 2 N–H and O–H groups in total. The highest BCUT2D eigenvalue weighted by Crippen LogP contribution is 2.26. The lowest BCUT2D eigenvalue weighted by atomic mass is 10.0. The van der Waals surface area contributed by atoms with Gasteiger partial charge in [-0.05, 0) is 30.7 Å². The molecule has 1 atom stereocenters. The van der Waals surface area contributed by atoms with E-state index in [0.29, 0.717) is 24.5 Å². The molecule has 98 valence electrons. The third-order valence-electron chi connectivity index (χ3n) is 3.15.